The number of rotatable bonds is 10. The van der Waals surface area contributed by atoms with Gasteiger partial charge in [-0.25, -0.2) is 4.98 Å². The fraction of sp³-hybridized carbons (Fsp3) is 0.619. The first-order valence-corrected chi connectivity index (χ1v) is 10.4. The predicted molar refractivity (Wildman–Crippen MR) is 115 cm³/mol. The van der Waals surface area contributed by atoms with Crippen molar-refractivity contribution in [1.82, 2.24) is 15.3 Å². The van der Waals surface area contributed by atoms with Crippen molar-refractivity contribution in [1.29, 1.82) is 0 Å². The number of hydrogen-bond acceptors (Lipinski definition) is 7. The van der Waals surface area contributed by atoms with Crippen LogP contribution >= 0.6 is 0 Å². The van der Waals surface area contributed by atoms with Crippen molar-refractivity contribution in [2.75, 3.05) is 44.5 Å². The summed E-state index contributed by atoms with van der Waals surface area (Å²) in [5, 5.41) is 11.4. The van der Waals surface area contributed by atoms with Crippen LogP contribution in [-0.2, 0) is 0 Å². The number of unbranched alkanes of at least 4 members (excludes halogenated alkanes) is 3. The van der Waals surface area contributed by atoms with Crippen molar-refractivity contribution in [3.8, 4) is 11.5 Å². The van der Waals surface area contributed by atoms with Gasteiger partial charge >= 0.3 is 0 Å². The van der Waals surface area contributed by atoms with E-state index in [0.29, 0.717) is 23.5 Å². The third-order valence-corrected chi connectivity index (χ3v) is 5.15. The molecule has 1 atom stereocenters. The number of ether oxygens (including phenoxy) is 2. The molecule has 1 saturated heterocycles. The SMILES string of the molecule is CCCCCCNc1nc(N[C@H]2CCCNC2)c2cc(OC)c(OC)cc2n1. The fourth-order valence-corrected chi connectivity index (χ4v) is 3.57. The Morgan fingerprint density at radius 1 is 1.11 bits per heavy atom. The number of hydrogen-bond donors (Lipinski definition) is 3. The summed E-state index contributed by atoms with van der Waals surface area (Å²) < 4.78 is 10.9. The van der Waals surface area contributed by atoms with Crippen LogP contribution in [0.15, 0.2) is 12.1 Å². The summed E-state index contributed by atoms with van der Waals surface area (Å²) in [7, 11) is 3.29. The Balaban J connectivity index is 1.88. The van der Waals surface area contributed by atoms with Gasteiger partial charge in [0.25, 0.3) is 0 Å². The van der Waals surface area contributed by atoms with Gasteiger partial charge in [0, 0.05) is 30.6 Å². The number of methoxy groups -OCH3 is 2. The molecule has 1 fully saturated rings. The molecule has 0 bridgehead atoms. The molecule has 1 aliphatic rings. The molecular weight excluding hydrogens is 354 g/mol. The molecule has 3 N–H and O–H groups in total. The molecule has 0 saturated carbocycles. The molecule has 154 valence electrons. The van der Waals surface area contributed by atoms with Gasteiger partial charge in [-0.2, -0.15) is 4.98 Å². The lowest BCUT2D eigenvalue weighted by molar-refractivity contribution is 0.356. The highest BCUT2D eigenvalue weighted by Gasteiger charge is 2.18. The van der Waals surface area contributed by atoms with Crippen LogP contribution in [0.1, 0.15) is 45.4 Å². The average Bonchev–Trinajstić information content (AvgIpc) is 2.73. The first-order chi connectivity index (χ1) is 13.7. The summed E-state index contributed by atoms with van der Waals surface area (Å²) in [6.07, 6.45) is 7.14. The zero-order valence-electron chi connectivity index (χ0n) is 17.3. The summed E-state index contributed by atoms with van der Waals surface area (Å²) in [5.41, 5.74) is 0.843. The topological polar surface area (TPSA) is 80.3 Å². The third-order valence-electron chi connectivity index (χ3n) is 5.15. The molecule has 2 heterocycles. The molecule has 1 aromatic heterocycles. The summed E-state index contributed by atoms with van der Waals surface area (Å²) in [6, 6.07) is 4.23. The number of benzene rings is 1. The Morgan fingerprint density at radius 3 is 2.64 bits per heavy atom. The maximum atomic E-state index is 5.49. The lowest BCUT2D eigenvalue weighted by Crippen LogP contribution is -2.38. The second kappa shape index (κ2) is 10.3. The van der Waals surface area contributed by atoms with E-state index in [1.807, 2.05) is 12.1 Å². The first kappa shape index (κ1) is 20.5. The molecule has 0 radical (unpaired) electrons. The molecule has 0 unspecified atom stereocenters. The van der Waals surface area contributed by atoms with Gasteiger partial charge in [-0.3, -0.25) is 0 Å². The van der Waals surface area contributed by atoms with Crippen LogP contribution < -0.4 is 25.4 Å². The Hall–Kier alpha value is -2.28. The largest absolute Gasteiger partial charge is 0.493 e. The minimum Gasteiger partial charge on any atom is -0.493 e. The Labute approximate surface area is 167 Å². The fourth-order valence-electron chi connectivity index (χ4n) is 3.57. The van der Waals surface area contributed by atoms with Gasteiger partial charge in [0.05, 0.1) is 19.7 Å². The van der Waals surface area contributed by atoms with Gasteiger partial charge < -0.3 is 25.4 Å². The van der Waals surface area contributed by atoms with E-state index in [1.165, 1.54) is 25.7 Å². The van der Waals surface area contributed by atoms with E-state index in [1.54, 1.807) is 14.2 Å². The van der Waals surface area contributed by atoms with Crippen molar-refractivity contribution in [3.05, 3.63) is 12.1 Å². The van der Waals surface area contributed by atoms with Gasteiger partial charge in [0.15, 0.2) is 11.5 Å². The quantitative estimate of drug-likeness (QED) is 0.535. The van der Waals surface area contributed by atoms with Crippen LogP contribution in [-0.4, -0.2) is 49.9 Å². The second-order valence-corrected chi connectivity index (χ2v) is 7.30. The summed E-state index contributed by atoms with van der Waals surface area (Å²) in [5.74, 6) is 2.86. The summed E-state index contributed by atoms with van der Waals surface area (Å²) >= 11 is 0. The van der Waals surface area contributed by atoms with Crippen molar-refractivity contribution in [3.63, 3.8) is 0 Å². The van der Waals surface area contributed by atoms with Crippen LogP contribution in [0.25, 0.3) is 10.9 Å². The maximum Gasteiger partial charge on any atom is 0.225 e. The second-order valence-electron chi connectivity index (χ2n) is 7.30. The molecule has 2 aromatic rings. The highest BCUT2D eigenvalue weighted by molar-refractivity contribution is 5.92. The molecule has 0 amide bonds. The van der Waals surface area contributed by atoms with Crippen LogP contribution in [0.3, 0.4) is 0 Å². The lowest BCUT2D eigenvalue weighted by atomic mass is 10.1. The number of aromatic nitrogens is 2. The minimum absolute atomic E-state index is 0.359. The molecule has 28 heavy (non-hydrogen) atoms. The molecule has 1 aromatic carbocycles. The highest BCUT2D eigenvalue weighted by atomic mass is 16.5. The third kappa shape index (κ3) is 5.16. The number of piperidine rings is 1. The molecule has 1 aliphatic heterocycles. The molecule has 7 heteroatoms. The predicted octanol–water partition coefficient (Wildman–Crippen LogP) is 3.80. The Kier molecular flexibility index (Phi) is 7.54. The normalized spacial score (nSPS) is 16.8. The van der Waals surface area contributed by atoms with Crippen LogP contribution in [0.2, 0.25) is 0 Å². The van der Waals surface area contributed by atoms with E-state index in [-0.39, 0.29) is 0 Å². The number of nitrogens with one attached hydrogen (secondary N) is 3. The first-order valence-electron chi connectivity index (χ1n) is 10.4. The molecule has 0 spiro atoms. The number of nitrogens with zero attached hydrogens (tertiary/aromatic N) is 2. The van der Waals surface area contributed by atoms with Gasteiger partial charge in [0.2, 0.25) is 5.95 Å². The summed E-state index contributed by atoms with van der Waals surface area (Å²) in [6.45, 7) is 5.12. The minimum atomic E-state index is 0.359. The number of anilines is 2. The van der Waals surface area contributed by atoms with Gasteiger partial charge in [0.1, 0.15) is 5.82 Å². The van der Waals surface area contributed by atoms with Gasteiger partial charge in [-0.05, 0) is 31.9 Å². The standard InChI is InChI=1S/C21H33N5O2/c1-4-5-6-7-11-23-21-25-17-13-19(28-3)18(27-2)12-16(17)20(26-21)24-15-9-8-10-22-14-15/h12-13,15,22H,4-11,14H2,1-3H3,(H2,23,24,25,26)/t15-/m0/s1. The molecule has 3 rings (SSSR count). The van der Waals surface area contributed by atoms with Crippen LogP contribution in [0.4, 0.5) is 11.8 Å². The van der Waals surface area contributed by atoms with E-state index < -0.39 is 0 Å². The van der Waals surface area contributed by atoms with E-state index in [2.05, 4.69) is 22.9 Å². The van der Waals surface area contributed by atoms with Gasteiger partial charge in [-0.1, -0.05) is 26.2 Å². The van der Waals surface area contributed by atoms with Crippen LogP contribution in [0, 0.1) is 0 Å². The maximum absolute atomic E-state index is 5.49. The average molecular weight is 388 g/mol. The Morgan fingerprint density at radius 2 is 1.93 bits per heavy atom. The van der Waals surface area contributed by atoms with Crippen LogP contribution in [0.5, 0.6) is 11.5 Å². The monoisotopic (exact) mass is 387 g/mol. The zero-order chi connectivity index (χ0) is 19.8. The van der Waals surface area contributed by atoms with E-state index in [4.69, 9.17) is 19.4 Å². The Bertz CT molecular complexity index is 762. The zero-order valence-corrected chi connectivity index (χ0v) is 17.3. The lowest BCUT2D eigenvalue weighted by Gasteiger charge is -2.25. The van der Waals surface area contributed by atoms with E-state index in [0.717, 1.165) is 49.2 Å². The van der Waals surface area contributed by atoms with E-state index >= 15 is 0 Å². The molecule has 7 nitrogen and oxygen atoms in total. The smallest absolute Gasteiger partial charge is 0.225 e. The van der Waals surface area contributed by atoms with Crippen molar-refractivity contribution < 1.29 is 9.47 Å². The van der Waals surface area contributed by atoms with Gasteiger partial charge in [-0.15, -0.1) is 0 Å². The number of fused-ring (bicyclic) bond motifs is 1. The highest BCUT2D eigenvalue weighted by Crippen LogP contribution is 2.35. The van der Waals surface area contributed by atoms with Crippen molar-refractivity contribution in [2.45, 2.75) is 51.5 Å². The van der Waals surface area contributed by atoms with Crippen molar-refractivity contribution in [2.24, 2.45) is 0 Å². The van der Waals surface area contributed by atoms with E-state index in [9.17, 15) is 0 Å². The molecule has 0 aliphatic carbocycles. The van der Waals surface area contributed by atoms with Crippen molar-refractivity contribution >= 4 is 22.7 Å². The summed E-state index contributed by atoms with van der Waals surface area (Å²) in [4.78, 5) is 9.50. The molecular formula is C21H33N5O2.